The molecule has 1 aromatic rings. The van der Waals surface area contributed by atoms with Crippen LogP contribution in [0.4, 0.5) is 4.39 Å². The minimum Gasteiger partial charge on any atom is -0.489 e. The van der Waals surface area contributed by atoms with Crippen LogP contribution >= 0.6 is 11.6 Å². The van der Waals surface area contributed by atoms with Gasteiger partial charge in [-0.1, -0.05) is 12.1 Å². The van der Waals surface area contributed by atoms with Crippen LogP contribution < -0.4 is 4.74 Å². The molecule has 1 rings (SSSR count). The van der Waals surface area contributed by atoms with Crippen molar-refractivity contribution >= 4 is 21.6 Å². The summed E-state index contributed by atoms with van der Waals surface area (Å²) in [6, 6.07) is 6.02. The van der Waals surface area contributed by atoms with Crippen molar-refractivity contribution in [3.63, 3.8) is 0 Å². The first-order valence-corrected chi connectivity index (χ1v) is 8.49. The number of nitrogens with zero attached hydrogens (tertiary/aromatic N) is 1. The first kappa shape index (κ1) is 17.2. The van der Waals surface area contributed by atoms with Crippen LogP contribution in [0.15, 0.2) is 24.3 Å². The highest BCUT2D eigenvalue weighted by Gasteiger charge is 2.17. The smallest absolute Gasteiger partial charge is 0.213 e. The summed E-state index contributed by atoms with van der Waals surface area (Å²) in [5.74, 6) is 0.187. The highest BCUT2D eigenvalue weighted by molar-refractivity contribution is 7.89. The lowest BCUT2D eigenvalue weighted by atomic mass is 10.3. The van der Waals surface area contributed by atoms with E-state index in [2.05, 4.69) is 0 Å². The van der Waals surface area contributed by atoms with Gasteiger partial charge < -0.3 is 4.74 Å². The molecule has 0 unspecified atom stereocenters. The van der Waals surface area contributed by atoms with Gasteiger partial charge in [-0.25, -0.2) is 17.1 Å². The molecule has 0 aliphatic heterocycles. The van der Waals surface area contributed by atoms with Crippen LogP contribution in [-0.2, 0) is 10.0 Å². The van der Waals surface area contributed by atoms with E-state index in [1.807, 2.05) is 0 Å². The molecule has 0 aliphatic carbocycles. The Labute approximate surface area is 124 Å². The maximum atomic E-state index is 13.3. The molecule has 0 radical (unpaired) electrons. The quantitative estimate of drug-likeness (QED) is 0.518. The van der Waals surface area contributed by atoms with Gasteiger partial charge in [0.1, 0.15) is 6.61 Å². The highest BCUT2D eigenvalue weighted by Crippen LogP contribution is 2.15. The average Bonchev–Trinajstić information content (AvgIpc) is 2.41. The van der Waals surface area contributed by atoms with Crippen molar-refractivity contribution in [3.8, 4) is 5.75 Å². The summed E-state index contributed by atoms with van der Waals surface area (Å²) in [7, 11) is -1.81. The van der Waals surface area contributed by atoms with Crippen molar-refractivity contribution < 1.29 is 17.5 Å². The van der Waals surface area contributed by atoms with E-state index in [9.17, 15) is 12.8 Å². The second kappa shape index (κ2) is 8.44. The number of rotatable bonds is 9. The van der Waals surface area contributed by atoms with Crippen molar-refractivity contribution in [1.82, 2.24) is 4.31 Å². The summed E-state index contributed by atoms with van der Waals surface area (Å²) in [6.45, 7) is 0.281. The molecular formula is C13H19ClFNO3S. The molecule has 20 heavy (non-hydrogen) atoms. The molecule has 0 aromatic heterocycles. The third-order valence-corrected chi connectivity index (χ3v) is 4.97. The molecule has 114 valence electrons. The van der Waals surface area contributed by atoms with E-state index >= 15 is 0 Å². The second-order valence-corrected chi connectivity index (χ2v) is 6.89. The molecule has 0 spiro atoms. The number of para-hydroxylation sites is 1. The average molecular weight is 324 g/mol. The summed E-state index contributed by atoms with van der Waals surface area (Å²) < 4.78 is 43.5. The van der Waals surface area contributed by atoms with Crippen molar-refractivity contribution in [1.29, 1.82) is 0 Å². The van der Waals surface area contributed by atoms with E-state index in [1.54, 1.807) is 12.1 Å². The predicted molar refractivity (Wildman–Crippen MR) is 78.3 cm³/mol. The van der Waals surface area contributed by atoms with Crippen molar-refractivity contribution in [2.75, 3.05) is 31.8 Å². The van der Waals surface area contributed by atoms with Gasteiger partial charge in [0, 0.05) is 19.5 Å². The van der Waals surface area contributed by atoms with Crippen LogP contribution in [0.25, 0.3) is 0 Å². The van der Waals surface area contributed by atoms with Crippen molar-refractivity contribution in [2.45, 2.75) is 12.8 Å². The molecular weight excluding hydrogens is 305 g/mol. The minimum atomic E-state index is -3.30. The lowest BCUT2D eigenvalue weighted by Crippen LogP contribution is -2.32. The number of sulfonamides is 1. The number of hydrogen-bond donors (Lipinski definition) is 0. The van der Waals surface area contributed by atoms with Gasteiger partial charge in [0.2, 0.25) is 10.0 Å². The fraction of sp³-hybridized carbons (Fsp3) is 0.538. The standard InChI is InChI=1S/C13H19ClFNO3S/c1-16(20(17,18)11-5-4-8-14)9-10-19-13-7-3-2-6-12(13)15/h2-3,6-7H,4-5,8-11H2,1H3. The first-order chi connectivity index (χ1) is 9.47. The van der Waals surface area contributed by atoms with E-state index in [0.29, 0.717) is 18.7 Å². The monoisotopic (exact) mass is 323 g/mol. The van der Waals surface area contributed by atoms with Gasteiger partial charge in [0.25, 0.3) is 0 Å². The SMILES string of the molecule is CN(CCOc1ccccc1F)S(=O)(=O)CCCCCl. The van der Waals surface area contributed by atoms with E-state index < -0.39 is 15.8 Å². The van der Waals surface area contributed by atoms with Gasteiger partial charge in [-0.2, -0.15) is 0 Å². The number of likely N-dealkylation sites (N-methyl/N-ethyl adjacent to an activating group) is 1. The number of hydrogen-bond acceptors (Lipinski definition) is 3. The molecule has 0 aliphatic rings. The molecule has 1 aromatic carbocycles. The van der Waals surface area contributed by atoms with Crippen LogP contribution in [0.1, 0.15) is 12.8 Å². The molecule has 0 bridgehead atoms. The molecule has 0 heterocycles. The number of ether oxygens (including phenoxy) is 1. The minimum absolute atomic E-state index is 0.0654. The van der Waals surface area contributed by atoms with Gasteiger partial charge in [-0.3, -0.25) is 0 Å². The fourth-order valence-electron chi connectivity index (χ4n) is 1.52. The van der Waals surface area contributed by atoms with Crippen LogP contribution in [0, 0.1) is 5.82 Å². The lowest BCUT2D eigenvalue weighted by Gasteiger charge is -2.17. The Hall–Kier alpha value is -0.850. The van der Waals surface area contributed by atoms with Gasteiger partial charge in [0.05, 0.1) is 5.75 Å². The summed E-state index contributed by atoms with van der Waals surface area (Å²) in [5.41, 5.74) is 0. The Kier molecular flexibility index (Phi) is 7.26. The van der Waals surface area contributed by atoms with Crippen molar-refractivity contribution in [3.05, 3.63) is 30.1 Å². The maximum absolute atomic E-state index is 13.3. The van der Waals surface area contributed by atoms with Gasteiger partial charge >= 0.3 is 0 Å². The molecule has 0 atom stereocenters. The van der Waals surface area contributed by atoms with E-state index in [4.69, 9.17) is 16.3 Å². The molecule has 0 amide bonds. The Morgan fingerprint density at radius 2 is 2.00 bits per heavy atom. The van der Waals surface area contributed by atoms with Crippen LogP contribution in [0.3, 0.4) is 0 Å². The predicted octanol–water partition coefficient (Wildman–Crippen LogP) is 2.49. The number of alkyl halides is 1. The van der Waals surface area contributed by atoms with E-state index in [1.165, 1.54) is 23.5 Å². The van der Waals surface area contributed by atoms with E-state index in [-0.39, 0.29) is 24.7 Å². The number of benzene rings is 1. The Morgan fingerprint density at radius 3 is 2.65 bits per heavy atom. The first-order valence-electron chi connectivity index (χ1n) is 6.34. The zero-order valence-electron chi connectivity index (χ0n) is 11.4. The molecule has 0 fully saturated rings. The van der Waals surface area contributed by atoms with Crippen LogP contribution in [0.2, 0.25) is 0 Å². The zero-order chi connectivity index (χ0) is 15.0. The van der Waals surface area contributed by atoms with Gasteiger partial charge in [0.15, 0.2) is 11.6 Å². The molecule has 4 nitrogen and oxygen atoms in total. The van der Waals surface area contributed by atoms with Crippen LogP contribution in [0.5, 0.6) is 5.75 Å². The van der Waals surface area contributed by atoms with Crippen molar-refractivity contribution in [2.24, 2.45) is 0 Å². The highest BCUT2D eigenvalue weighted by atomic mass is 35.5. The van der Waals surface area contributed by atoms with E-state index in [0.717, 1.165) is 0 Å². The molecule has 0 saturated carbocycles. The Bertz CT molecular complexity index is 510. The molecule has 0 saturated heterocycles. The number of unbranched alkanes of at least 4 members (excludes halogenated alkanes) is 1. The van der Waals surface area contributed by atoms with Gasteiger partial charge in [-0.15, -0.1) is 11.6 Å². The van der Waals surface area contributed by atoms with Gasteiger partial charge in [-0.05, 0) is 25.0 Å². The topological polar surface area (TPSA) is 46.6 Å². The largest absolute Gasteiger partial charge is 0.489 e. The normalized spacial score (nSPS) is 11.8. The summed E-state index contributed by atoms with van der Waals surface area (Å²) >= 11 is 5.51. The Balaban J connectivity index is 2.39. The summed E-state index contributed by atoms with van der Waals surface area (Å²) in [4.78, 5) is 0. The summed E-state index contributed by atoms with van der Waals surface area (Å²) in [6.07, 6.45) is 1.20. The maximum Gasteiger partial charge on any atom is 0.213 e. The molecule has 0 N–H and O–H groups in total. The van der Waals surface area contributed by atoms with Crippen LogP contribution in [-0.4, -0.2) is 44.6 Å². The number of halogens is 2. The lowest BCUT2D eigenvalue weighted by molar-refractivity contribution is 0.275. The molecule has 7 heteroatoms. The third kappa shape index (κ3) is 5.64. The second-order valence-electron chi connectivity index (χ2n) is 4.31. The third-order valence-electron chi connectivity index (χ3n) is 2.76. The Morgan fingerprint density at radius 1 is 1.30 bits per heavy atom. The fourth-order valence-corrected chi connectivity index (χ4v) is 2.94. The summed E-state index contributed by atoms with van der Waals surface area (Å²) in [5, 5.41) is 0. The zero-order valence-corrected chi connectivity index (χ0v) is 13.0.